The molecular formula is C34H27Br2N3O6S. The number of anilines is 2. The van der Waals surface area contributed by atoms with Crippen LogP contribution in [0.5, 0.6) is 11.5 Å². The van der Waals surface area contributed by atoms with Gasteiger partial charge in [-0.1, -0.05) is 56.1 Å². The Morgan fingerprint density at radius 1 is 0.913 bits per heavy atom. The molecule has 234 valence electrons. The molecule has 0 saturated carbocycles. The van der Waals surface area contributed by atoms with Gasteiger partial charge < -0.3 is 20.1 Å². The van der Waals surface area contributed by atoms with Crippen molar-refractivity contribution < 1.29 is 28.7 Å². The lowest BCUT2D eigenvalue weighted by atomic mass is 10.1. The molecule has 1 fully saturated rings. The highest BCUT2D eigenvalue weighted by Crippen LogP contribution is 2.38. The summed E-state index contributed by atoms with van der Waals surface area (Å²) < 4.78 is 12.4. The second-order valence-electron chi connectivity index (χ2n) is 9.91. The third-order valence-corrected chi connectivity index (χ3v) is 9.31. The summed E-state index contributed by atoms with van der Waals surface area (Å²) >= 11 is 8.11. The minimum absolute atomic E-state index is 0.0474. The maximum atomic E-state index is 13.7. The average molecular weight is 765 g/mol. The summed E-state index contributed by atoms with van der Waals surface area (Å²) in [5.41, 5.74) is 1.72. The molecule has 4 aromatic carbocycles. The Labute approximate surface area is 286 Å². The Kier molecular flexibility index (Phi) is 10.6. The fraction of sp³-hybridized carbons (Fsp3) is 0.118. The number of hydrogen-bond acceptors (Lipinski definition) is 7. The van der Waals surface area contributed by atoms with Crippen molar-refractivity contribution in [1.29, 1.82) is 0 Å². The van der Waals surface area contributed by atoms with Gasteiger partial charge in [0.2, 0.25) is 11.8 Å². The van der Waals surface area contributed by atoms with Gasteiger partial charge in [0, 0.05) is 37.1 Å². The number of methoxy groups -OCH3 is 2. The topological polar surface area (TPSA) is 114 Å². The van der Waals surface area contributed by atoms with Crippen molar-refractivity contribution >= 4 is 84.7 Å². The van der Waals surface area contributed by atoms with Crippen LogP contribution >= 0.6 is 43.6 Å². The van der Waals surface area contributed by atoms with Crippen molar-refractivity contribution in [1.82, 2.24) is 5.32 Å². The van der Waals surface area contributed by atoms with E-state index >= 15 is 0 Å². The lowest BCUT2D eigenvalue weighted by Gasteiger charge is -2.16. The normalized spacial score (nSPS) is 14.7. The number of hydrogen-bond donors (Lipinski definition) is 2. The van der Waals surface area contributed by atoms with E-state index in [0.717, 1.165) is 4.47 Å². The van der Waals surface area contributed by atoms with Crippen molar-refractivity contribution in [3.05, 3.63) is 117 Å². The molecule has 0 radical (unpaired) electrons. The van der Waals surface area contributed by atoms with Crippen molar-refractivity contribution in [2.45, 2.75) is 16.6 Å². The number of ether oxygens (including phenoxy) is 2. The van der Waals surface area contributed by atoms with E-state index in [4.69, 9.17) is 9.47 Å². The van der Waals surface area contributed by atoms with Crippen LogP contribution in [0.25, 0.3) is 6.08 Å². The fourth-order valence-corrected chi connectivity index (χ4v) is 6.52. The van der Waals surface area contributed by atoms with Crippen molar-refractivity contribution in [3.8, 4) is 11.5 Å². The van der Waals surface area contributed by atoms with Gasteiger partial charge >= 0.3 is 0 Å². The molecule has 9 nitrogen and oxygen atoms in total. The molecule has 0 spiro atoms. The van der Waals surface area contributed by atoms with Gasteiger partial charge in [-0.05, 0) is 72.8 Å². The summed E-state index contributed by atoms with van der Waals surface area (Å²) in [5, 5.41) is 4.94. The highest BCUT2D eigenvalue weighted by atomic mass is 79.9. The van der Waals surface area contributed by atoms with Crippen molar-refractivity contribution in [3.63, 3.8) is 0 Å². The van der Waals surface area contributed by atoms with Gasteiger partial charge in [-0.15, -0.1) is 11.8 Å². The molecule has 0 aliphatic carbocycles. The summed E-state index contributed by atoms with van der Waals surface area (Å²) in [6.07, 6.45) is 1.55. The molecule has 4 amide bonds. The predicted molar refractivity (Wildman–Crippen MR) is 185 cm³/mol. The van der Waals surface area contributed by atoms with Gasteiger partial charge in [-0.25, -0.2) is 4.90 Å². The molecule has 2 N–H and O–H groups in total. The first kappa shape index (κ1) is 33.0. The monoisotopic (exact) mass is 763 g/mol. The minimum atomic E-state index is -0.624. The molecule has 0 bridgehead atoms. The zero-order valence-corrected chi connectivity index (χ0v) is 28.6. The standard InChI is InChI=1S/C34H27Br2N3O6S/c1-44-28-16-15-26(36)25(31(28)45-2)18-27(38-32(41)20-7-4-3-5-8-20)33(42)37-22-9-6-10-24(17-22)46-29-19-30(40)39(34(29)43)23-13-11-21(35)12-14-23/h3-18,29H,19H2,1-2H3,(H,37,42)(H,38,41)/b27-18-/t29-/m1/s1. The number of amides is 4. The molecule has 5 rings (SSSR count). The molecule has 46 heavy (non-hydrogen) atoms. The highest BCUT2D eigenvalue weighted by molar-refractivity contribution is 9.10. The van der Waals surface area contributed by atoms with Gasteiger partial charge in [-0.3, -0.25) is 19.2 Å². The van der Waals surface area contributed by atoms with Crippen LogP contribution in [0, 0.1) is 0 Å². The van der Waals surface area contributed by atoms with Gasteiger partial charge in [0.15, 0.2) is 11.5 Å². The molecule has 1 aliphatic rings. The zero-order valence-electron chi connectivity index (χ0n) is 24.6. The van der Waals surface area contributed by atoms with Crippen LogP contribution in [-0.4, -0.2) is 43.1 Å². The molecule has 12 heteroatoms. The van der Waals surface area contributed by atoms with Crippen LogP contribution < -0.4 is 25.0 Å². The van der Waals surface area contributed by atoms with Crippen molar-refractivity contribution in [2.75, 3.05) is 24.4 Å². The smallest absolute Gasteiger partial charge is 0.272 e. The van der Waals surface area contributed by atoms with Gasteiger partial charge in [0.25, 0.3) is 11.8 Å². The Bertz CT molecular complexity index is 1830. The first-order valence-electron chi connectivity index (χ1n) is 13.9. The Hall–Kier alpha value is -4.39. The summed E-state index contributed by atoms with van der Waals surface area (Å²) in [7, 11) is 2.98. The Morgan fingerprint density at radius 3 is 2.35 bits per heavy atom. The largest absolute Gasteiger partial charge is 0.493 e. The SMILES string of the molecule is COc1ccc(Br)c(/C=C(\NC(=O)c2ccccc2)C(=O)Nc2cccc(S[C@@H]3CC(=O)N(c4ccc(Br)cc4)C3=O)c2)c1OC. The van der Waals surface area contributed by atoms with E-state index in [0.29, 0.717) is 43.4 Å². The van der Waals surface area contributed by atoms with Crippen LogP contribution in [0.3, 0.4) is 0 Å². The molecule has 0 unspecified atom stereocenters. The van der Waals surface area contributed by atoms with E-state index in [-0.39, 0.29) is 23.9 Å². The molecule has 1 heterocycles. The van der Waals surface area contributed by atoms with Crippen LogP contribution in [-0.2, 0) is 14.4 Å². The number of nitrogens with one attached hydrogen (secondary N) is 2. The second kappa shape index (κ2) is 14.8. The van der Waals surface area contributed by atoms with Crippen LogP contribution in [0.15, 0.2) is 111 Å². The maximum Gasteiger partial charge on any atom is 0.272 e. The van der Waals surface area contributed by atoms with Gasteiger partial charge in [0.1, 0.15) is 5.70 Å². The van der Waals surface area contributed by atoms with E-state index in [9.17, 15) is 19.2 Å². The number of imide groups is 1. The molecule has 1 saturated heterocycles. The molecular weight excluding hydrogens is 738 g/mol. The third kappa shape index (κ3) is 7.52. The summed E-state index contributed by atoms with van der Waals surface area (Å²) in [5.74, 6) is -0.867. The maximum absolute atomic E-state index is 13.7. The van der Waals surface area contributed by atoms with Gasteiger partial charge in [-0.2, -0.15) is 0 Å². The van der Waals surface area contributed by atoms with E-state index < -0.39 is 17.1 Å². The minimum Gasteiger partial charge on any atom is -0.493 e. The lowest BCUT2D eigenvalue weighted by Crippen LogP contribution is -2.31. The van der Waals surface area contributed by atoms with Gasteiger partial charge in [0.05, 0.1) is 25.2 Å². The Balaban J connectivity index is 1.39. The Morgan fingerprint density at radius 2 is 1.65 bits per heavy atom. The number of carbonyl (C=O) groups excluding carboxylic acids is 4. The number of nitrogens with zero attached hydrogens (tertiary/aromatic N) is 1. The predicted octanol–water partition coefficient (Wildman–Crippen LogP) is 7.06. The number of halogens is 2. The van der Waals surface area contributed by atoms with E-state index in [1.54, 1.807) is 91.0 Å². The molecule has 0 aromatic heterocycles. The number of rotatable bonds is 10. The van der Waals surface area contributed by atoms with E-state index in [2.05, 4.69) is 42.5 Å². The van der Waals surface area contributed by atoms with Crippen LogP contribution in [0.1, 0.15) is 22.3 Å². The van der Waals surface area contributed by atoms with E-state index in [1.807, 2.05) is 0 Å². The number of thioether (sulfide) groups is 1. The molecule has 4 aromatic rings. The summed E-state index contributed by atoms with van der Waals surface area (Å²) in [6, 6.07) is 25.9. The van der Waals surface area contributed by atoms with Crippen LogP contribution in [0.2, 0.25) is 0 Å². The molecule has 1 atom stereocenters. The second-order valence-corrected chi connectivity index (χ2v) is 13.0. The first-order chi connectivity index (χ1) is 22.2. The van der Waals surface area contributed by atoms with E-state index in [1.165, 1.54) is 37.0 Å². The molecule has 1 aliphatic heterocycles. The number of benzene rings is 4. The van der Waals surface area contributed by atoms with Crippen molar-refractivity contribution in [2.24, 2.45) is 0 Å². The third-order valence-electron chi connectivity index (χ3n) is 6.91. The number of carbonyl (C=O) groups is 4. The lowest BCUT2D eigenvalue weighted by molar-refractivity contribution is -0.121. The zero-order chi connectivity index (χ0) is 32.8. The fourth-order valence-electron chi connectivity index (χ4n) is 4.72. The quantitative estimate of drug-likeness (QED) is 0.131. The summed E-state index contributed by atoms with van der Waals surface area (Å²) in [6.45, 7) is 0. The summed E-state index contributed by atoms with van der Waals surface area (Å²) in [4.78, 5) is 54.7. The first-order valence-corrected chi connectivity index (χ1v) is 16.3. The highest BCUT2D eigenvalue weighted by Gasteiger charge is 2.40. The van der Waals surface area contributed by atoms with Crippen LogP contribution in [0.4, 0.5) is 11.4 Å². The average Bonchev–Trinajstić information content (AvgIpc) is 3.33.